The van der Waals surface area contributed by atoms with E-state index in [4.69, 9.17) is 4.42 Å². The predicted octanol–water partition coefficient (Wildman–Crippen LogP) is 5.50. The molecule has 1 aliphatic heterocycles. The van der Waals surface area contributed by atoms with Crippen LogP contribution in [0.3, 0.4) is 0 Å². The van der Waals surface area contributed by atoms with E-state index in [1.165, 1.54) is 12.1 Å². The van der Waals surface area contributed by atoms with Crippen LogP contribution in [0, 0.1) is 18.8 Å². The van der Waals surface area contributed by atoms with Gasteiger partial charge in [0.05, 0.1) is 11.3 Å². The van der Waals surface area contributed by atoms with Gasteiger partial charge in [-0.3, -0.25) is 9.69 Å². The van der Waals surface area contributed by atoms with E-state index in [1.807, 2.05) is 0 Å². The highest BCUT2D eigenvalue weighted by atomic mass is 19.4. The molecule has 1 saturated heterocycles. The third kappa shape index (κ3) is 5.47. The molecule has 0 unspecified atom stereocenters. The van der Waals surface area contributed by atoms with Crippen LogP contribution in [0.5, 0.6) is 0 Å². The number of likely N-dealkylation sites (tertiary alicyclic amines) is 1. The van der Waals surface area contributed by atoms with Crippen LogP contribution >= 0.6 is 0 Å². The molecule has 158 valence electrons. The number of aromatic nitrogens is 1. The summed E-state index contributed by atoms with van der Waals surface area (Å²) in [5, 5.41) is 0. The number of hydrogen-bond donors (Lipinski definition) is 0. The van der Waals surface area contributed by atoms with Gasteiger partial charge in [0.1, 0.15) is 11.5 Å². The monoisotopic (exact) mass is 408 g/mol. The van der Waals surface area contributed by atoms with Crippen LogP contribution in [0.4, 0.5) is 13.2 Å². The minimum absolute atomic E-state index is 0.0627. The molecule has 4 nitrogen and oxygen atoms in total. The highest BCUT2D eigenvalue weighted by Crippen LogP contribution is 2.31. The lowest BCUT2D eigenvalue weighted by Crippen LogP contribution is -2.38. The summed E-state index contributed by atoms with van der Waals surface area (Å²) < 4.78 is 43.9. The van der Waals surface area contributed by atoms with E-state index in [0.29, 0.717) is 48.4 Å². The maximum absolute atomic E-state index is 12.7. The van der Waals surface area contributed by atoms with Gasteiger partial charge in [-0.1, -0.05) is 13.8 Å². The zero-order valence-corrected chi connectivity index (χ0v) is 17.1. The number of Topliss-reactive ketones (excluding diaryl/α,β-unsaturated/α-hetero) is 1. The molecule has 0 radical (unpaired) electrons. The van der Waals surface area contributed by atoms with Crippen LogP contribution in [0.2, 0.25) is 0 Å². The standard InChI is InChI=1S/C22H27F3N2O2/c1-14(2)11-20(28)17-5-4-10-27(12-17)13-19-15(3)29-21(26-19)16-6-8-18(9-7-16)22(23,24)25/h6-9,14,17H,4-5,10-13H2,1-3H3/t17-/m0/s1. The highest BCUT2D eigenvalue weighted by molar-refractivity contribution is 5.81. The molecule has 1 aliphatic rings. The molecule has 0 saturated carbocycles. The SMILES string of the molecule is Cc1oc(-c2ccc(C(F)(F)F)cc2)nc1CN1CCC[C@H](C(=O)CC(C)C)C1. The van der Waals surface area contributed by atoms with Gasteiger partial charge < -0.3 is 4.42 Å². The Kier molecular flexibility index (Phi) is 6.46. The summed E-state index contributed by atoms with van der Waals surface area (Å²) >= 11 is 0. The van der Waals surface area contributed by atoms with E-state index in [2.05, 4.69) is 23.7 Å². The van der Waals surface area contributed by atoms with Crippen molar-refractivity contribution in [3.8, 4) is 11.5 Å². The van der Waals surface area contributed by atoms with Crippen molar-refractivity contribution in [1.29, 1.82) is 0 Å². The van der Waals surface area contributed by atoms with Gasteiger partial charge in [0.25, 0.3) is 0 Å². The summed E-state index contributed by atoms with van der Waals surface area (Å²) in [6.07, 6.45) is -1.86. The average molecular weight is 408 g/mol. The van der Waals surface area contributed by atoms with Crippen molar-refractivity contribution in [3.05, 3.63) is 41.3 Å². The number of halogens is 3. The number of carbonyl (C=O) groups excluding carboxylic acids is 1. The maximum Gasteiger partial charge on any atom is 0.416 e. The van der Waals surface area contributed by atoms with E-state index in [1.54, 1.807) is 6.92 Å². The lowest BCUT2D eigenvalue weighted by Gasteiger charge is -2.31. The fourth-order valence-corrected chi connectivity index (χ4v) is 3.74. The number of aryl methyl sites for hydroxylation is 1. The molecule has 0 amide bonds. The molecule has 0 aliphatic carbocycles. The van der Waals surface area contributed by atoms with Crippen molar-refractivity contribution in [3.63, 3.8) is 0 Å². The van der Waals surface area contributed by atoms with Gasteiger partial charge in [-0.05, 0) is 56.5 Å². The zero-order chi connectivity index (χ0) is 21.2. The van der Waals surface area contributed by atoms with Gasteiger partial charge in [0.15, 0.2) is 0 Å². The van der Waals surface area contributed by atoms with Crippen LogP contribution in [-0.4, -0.2) is 28.8 Å². The van der Waals surface area contributed by atoms with E-state index < -0.39 is 11.7 Å². The molecule has 1 atom stereocenters. The second-order valence-corrected chi connectivity index (χ2v) is 8.24. The molecular formula is C22H27F3N2O2. The van der Waals surface area contributed by atoms with Crippen LogP contribution in [0.25, 0.3) is 11.5 Å². The Morgan fingerprint density at radius 1 is 1.28 bits per heavy atom. The molecule has 29 heavy (non-hydrogen) atoms. The third-order valence-electron chi connectivity index (χ3n) is 5.30. The number of benzene rings is 1. The van der Waals surface area contributed by atoms with Crippen LogP contribution in [0.15, 0.2) is 28.7 Å². The van der Waals surface area contributed by atoms with Gasteiger partial charge in [-0.15, -0.1) is 0 Å². The predicted molar refractivity (Wildman–Crippen MR) is 104 cm³/mol. The quantitative estimate of drug-likeness (QED) is 0.634. The number of alkyl halides is 3. The number of piperidine rings is 1. The summed E-state index contributed by atoms with van der Waals surface area (Å²) in [5.74, 6) is 1.72. The van der Waals surface area contributed by atoms with Crippen LogP contribution in [0.1, 0.15) is 50.1 Å². The summed E-state index contributed by atoms with van der Waals surface area (Å²) in [5.41, 5.74) is 0.572. The molecule has 3 rings (SSSR count). The molecular weight excluding hydrogens is 381 g/mol. The molecule has 7 heteroatoms. The first kappa shape index (κ1) is 21.6. The lowest BCUT2D eigenvalue weighted by atomic mass is 9.89. The Morgan fingerprint density at radius 2 is 1.97 bits per heavy atom. The molecule has 0 bridgehead atoms. The number of oxazole rings is 1. The van der Waals surface area contributed by atoms with Gasteiger partial charge in [-0.2, -0.15) is 13.2 Å². The second-order valence-electron chi connectivity index (χ2n) is 8.24. The second kappa shape index (κ2) is 8.69. The van der Waals surface area contributed by atoms with E-state index in [-0.39, 0.29) is 5.92 Å². The summed E-state index contributed by atoms with van der Waals surface area (Å²) in [6.45, 7) is 8.10. The Hall–Kier alpha value is -2.15. The number of hydrogen-bond acceptors (Lipinski definition) is 4. The van der Waals surface area contributed by atoms with Crippen molar-refractivity contribution in [2.45, 2.75) is 52.8 Å². The number of nitrogens with zero attached hydrogens (tertiary/aromatic N) is 2. The summed E-state index contributed by atoms with van der Waals surface area (Å²) in [4.78, 5) is 19.1. The van der Waals surface area contributed by atoms with Crippen molar-refractivity contribution < 1.29 is 22.4 Å². The first-order valence-corrected chi connectivity index (χ1v) is 10.0. The van der Waals surface area contributed by atoms with Gasteiger partial charge in [0.2, 0.25) is 5.89 Å². The van der Waals surface area contributed by atoms with Crippen molar-refractivity contribution >= 4 is 5.78 Å². The smallest absolute Gasteiger partial charge is 0.416 e. The number of rotatable bonds is 6. The molecule has 2 aromatic rings. The fraction of sp³-hybridized carbons (Fsp3) is 0.545. The van der Waals surface area contributed by atoms with Crippen molar-refractivity contribution in [1.82, 2.24) is 9.88 Å². The first-order chi connectivity index (χ1) is 13.6. The van der Waals surface area contributed by atoms with Gasteiger partial charge in [-0.25, -0.2) is 4.98 Å². The van der Waals surface area contributed by atoms with E-state index in [9.17, 15) is 18.0 Å². The normalized spacial score (nSPS) is 18.4. The maximum atomic E-state index is 12.7. The molecule has 1 fully saturated rings. The lowest BCUT2D eigenvalue weighted by molar-refractivity contribution is -0.137. The molecule has 2 heterocycles. The zero-order valence-electron chi connectivity index (χ0n) is 17.1. The van der Waals surface area contributed by atoms with Gasteiger partial charge >= 0.3 is 6.18 Å². The highest BCUT2D eigenvalue weighted by Gasteiger charge is 2.30. The Bertz CT molecular complexity index is 841. The summed E-state index contributed by atoms with van der Waals surface area (Å²) in [7, 11) is 0. The molecule has 1 aromatic heterocycles. The van der Waals surface area contributed by atoms with Crippen molar-refractivity contribution in [2.24, 2.45) is 11.8 Å². The largest absolute Gasteiger partial charge is 0.441 e. The first-order valence-electron chi connectivity index (χ1n) is 10.0. The minimum Gasteiger partial charge on any atom is -0.441 e. The van der Waals surface area contributed by atoms with Crippen LogP contribution < -0.4 is 0 Å². The van der Waals surface area contributed by atoms with Gasteiger partial charge in [0, 0.05) is 31.0 Å². The van der Waals surface area contributed by atoms with E-state index in [0.717, 1.165) is 37.2 Å². The van der Waals surface area contributed by atoms with Crippen LogP contribution in [-0.2, 0) is 17.5 Å². The molecule has 1 aromatic carbocycles. The van der Waals surface area contributed by atoms with E-state index >= 15 is 0 Å². The van der Waals surface area contributed by atoms with Crippen molar-refractivity contribution in [2.75, 3.05) is 13.1 Å². The minimum atomic E-state index is -4.37. The Balaban J connectivity index is 1.68. The topological polar surface area (TPSA) is 46.3 Å². The molecule has 0 spiro atoms. The molecule has 0 N–H and O–H groups in total. The third-order valence-corrected chi connectivity index (χ3v) is 5.30. The summed E-state index contributed by atoms with van der Waals surface area (Å²) in [6, 6.07) is 4.81. The Labute approximate surface area is 169 Å². The number of ketones is 1. The number of carbonyl (C=O) groups is 1. The fourth-order valence-electron chi connectivity index (χ4n) is 3.74. The Morgan fingerprint density at radius 3 is 2.59 bits per heavy atom. The average Bonchev–Trinajstić information content (AvgIpc) is 3.01.